The van der Waals surface area contributed by atoms with Crippen LogP contribution in [0.15, 0.2) is 82.7 Å². The number of fused-ring (bicyclic) bond motifs is 5. The Kier molecular flexibility index (Phi) is 5.96. The Bertz CT molecular complexity index is 1780. The first-order valence-electron chi connectivity index (χ1n) is 13.9. The molecule has 0 bridgehead atoms. The highest BCUT2D eigenvalue weighted by Crippen LogP contribution is 2.50. The molecule has 7 rings (SSSR count). The van der Waals surface area contributed by atoms with Crippen molar-refractivity contribution >= 4 is 17.5 Å². The zero-order valence-electron chi connectivity index (χ0n) is 22.5. The van der Waals surface area contributed by atoms with E-state index in [1.165, 1.54) is 27.8 Å². The molecule has 1 fully saturated rings. The van der Waals surface area contributed by atoms with E-state index in [1.807, 2.05) is 4.40 Å². The number of rotatable bonds is 5. The van der Waals surface area contributed by atoms with E-state index in [0.29, 0.717) is 17.5 Å². The van der Waals surface area contributed by atoms with Gasteiger partial charge in [-0.05, 0) is 49.8 Å². The Morgan fingerprint density at radius 3 is 2.36 bits per heavy atom. The minimum Gasteiger partial charge on any atom is -0.305 e. The molecular weight excluding hydrogens is 500 g/mol. The number of aryl methyl sites for hydroxylation is 2. The molecule has 1 spiro atoms. The fraction of sp³-hybridized carbons (Fsp3) is 0.303. The molecule has 0 atom stereocenters. The summed E-state index contributed by atoms with van der Waals surface area (Å²) >= 11 is 1.59. The molecular formula is C33H32N4OS. The molecule has 5 aromatic rings. The van der Waals surface area contributed by atoms with Crippen molar-refractivity contribution in [2.45, 2.75) is 68.8 Å². The summed E-state index contributed by atoms with van der Waals surface area (Å²) in [4.78, 5) is 14.6. The van der Waals surface area contributed by atoms with Crippen LogP contribution in [-0.4, -0.2) is 19.2 Å². The van der Waals surface area contributed by atoms with Gasteiger partial charge >= 0.3 is 0 Å². The third-order valence-electron chi connectivity index (χ3n) is 8.55. The van der Waals surface area contributed by atoms with Gasteiger partial charge in [-0.2, -0.15) is 0 Å². The summed E-state index contributed by atoms with van der Waals surface area (Å²) in [7, 11) is 0. The van der Waals surface area contributed by atoms with Gasteiger partial charge in [0.2, 0.25) is 5.78 Å². The lowest BCUT2D eigenvalue weighted by Crippen LogP contribution is -2.40. The van der Waals surface area contributed by atoms with Crippen LogP contribution in [0.5, 0.6) is 0 Å². The molecule has 6 heteroatoms. The van der Waals surface area contributed by atoms with Crippen LogP contribution < -0.4 is 5.56 Å². The first-order chi connectivity index (χ1) is 19.0. The van der Waals surface area contributed by atoms with Crippen LogP contribution in [0.4, 0.5) is 0 Å². The van der Waals surface area contributed by atoms with Gasteiger partial charge < -0.3 is 4.57 Å². The molecule has 2 aliphatic carbocycles. The molecule has 0 saturated heterocycles. The van der Waals surface area contributed by atoms with Crippen LogP contribution in [0.25, 0.3) is 17.0 Å². The normalized spacial score (nSPS) is 15.5. The van der Waals surface area contributed by atoms with Crippen molar-refractivity contribution in [1.82, 2.24) is 19.2 Å². The van der Waals surface area contributed by atoms with E-state index in [0.717, 1.165) is 54.7 Å². The van der Waals surface area contributed by atoms with Crippen molar-refractivity contribution in [2.75, 3.05) is 0 Å². The van der Waals surface area contributed by atoms with Crippen LogP contribution in [0.3, 0.4) is 0 Å². The number of aromatic nitrogens is 4. The van der Waals surface area contributed by atoms with E-state index in [1.54, 1.807) is 11.8 Å². The number of hydrogen-bond acceptors (Lipinski definition) is 4. The molecule has 0 aliphatic heterocycles. The summed E-state index contributed by atoms with van der Waals surface area (Å²) in [5, 5.41) is 9.96. The van der Waals surface area contributed by atoms with Crippen LogP contribution in [-0.2, 0) is 24.1 Å². The lowest BCUT2D eigenvalue weighted by molar-refractivity contribution is 0.422. The SMILES string of the molecule is Cc1cccc(CSc2nnc3n(Cc4cccc(C)c4)c4c(c(=O)n23)C2(CCCC2)Cc2ccccc2-4)c1. The number of benzene rings is 3. The van der Waals surface area contributed by atoms with E-state index < -0.39 is 0 Å². The van der Waals surface area contributed by atoms with Crippen molar-refractivity contribution < 1.29 is 0 Å². The Labute approximate surface area is 232 Å². The summed E-state index contributed by atoms with van der Waals surface area (Å²) in [5.41, 5.74) is 9.31. The summed E-state index contributed by atoms with van der Waals surface area (Å²) in [6.45, 7) is 4.87. The molecule has 39 heavy (non-hydrogen) atoms. The topological polar surface area (TPSA) is 52.2 Å². The fourth-order valence-electron chi connectivity index (χ4n) is 6.84. The highest BCUT2D eigenvalue weighted by atomic mass is 32.2. The Morgan fingerprint density at radius 1 is 0.872 bits per heavy atom. The monoisotopic (exact) mass is 532 g/mol. The second kappa shape index (κ2) is 9.53. The lowest BCUT2D eigenvalue weighted by atomic mass is 9.68. The maximum Gasteiger partial charge on any atom is 0.265 e. The first-order valence-corrected chi connectivity index (χ1v) is 14.9. The molecule has 2 aliphatic rings. The first kappa shape index (κ1) is 24.4. The third kappa shape index (κ3) is 4.13. The van der Waals surface area contributed by atoms with Gasteiger partial charge in [0, 0.05) is 22.3 Å². The van der Waals surface area contributed by atoms with Gasteiger partial charge in [0.05, 0.1) is 12.2 Å². The molecule has 2 heterocycles. The van der Waals surface area contributed by atoms with Crippen molar-refractivity contribution in [3.63, 3.8) is 0 Å². The van der Waals surface area contributed by atoms with Gasteiger partial charge in [0.1, 0.15) is 0 Å². The predicted molar refractivity (Wildman–Crippen MR) is 158 cm³/mol. The Morgan fingerprint density at radius 2 is 1.59 bits per heavy atom. The van der Waals surface area contributed by atoms with Crippen molar-refractivity contribution in [2.24, 2.45) is 0 Å². The van der Waals surface area contributed by atoms with Crippen LogP contribution in [0.1, 0.15) is 59.1 Å². The summed E-state index contributed by atoms with van der Waals surface area (Å²) in [5.74, 6) is 1.36. The number of thioether (sulfide) groups is 1. The maximum absolute atomic E-state index is 14.6. The molecule has 196 valence electrons. The molecule has 0 amide bonds. The maximum atomic E-state index is 14.6. The summed E-state index contributed by atoms with van der Waals surface area (Å²) < 4.78 is 4.08. The largest absolute Gasteiger partial charge is 0.305 e. The average molecular weight is 533 g/mol. The lowest BCUT2D eigenvalue weighted by Gasteiger charge is -2.37. The average Bonchev–Trinajstić information content (AvgIpc) is 3.57. The number of hydrogen-bond donors (Lipinski definition) is 0. The van der Waals surface area contributed by atoms with Gasteiger partial charge in [0.15, 0.2) is 5.16 Å². The van der Waals surface area contributed by atoms with Gasteiger partial charge in [-0.1, -0.05) is 109 Å². The molecule has 0 radical (unpaired) electrons. The Hall–Kier alpha value is -3.64. The highest BCUT2D eigenvalue weighted by Gasteiger charge is 2.45. The fourth-order valence-corrected chi connectivity index (χ4v) is 7.71. The van der Waals surface area contributed by atoms with Crippen LogP contribution in [0, 0.1) is 13.8 Å². The minimum absolute atomic E-state index is 0.0636. The van der Waals surface area contributed by atoms with E-state index >= 15 is 0 Å². The summed E-state index contributed by atoms with van der Waals surface area (Å²) in [6.07, 6.45) is 5.35. The van der Waals surface area contributed by atoms with E-state index in [4.69, 9.17) is 0 Å². The Balaban J connectivity index is 1.48. The molecule has 3 aromatic carbocycles. The smallest absolute Gasteiger partial charge is 0.265 e. The second-order valence-electron chi connectivity index (χ2n) is 11.3. The van der Waals surface area contributed by atoms with Crippen molar-refractivity contribution in [3.8, 4) is 11.3 Å². The molecule has 0 N–H and O–H groups in total. The highest BCUT2D eigenvalue weighted by molar-refractivity contribution is 7.98. The van der Waals surface area contributed by atoms with Gasteiger partial charge in [-0.15, -0.1) is 10.2 Å². The zero-order chi connectivity index (χ0) is 26.6. The van der Waals surface area contributed by atoms with Gasteiger partial charge in [-0.25, -0.2) is 4.40 Å². The quantitative estimate of drug-likeness (QED) is 0.232. The van der Waals surface area contributed by atoms with E-state index in [2.05, 4.69) is 101 Å². The standard InChI is InChI=1S/C33H32N4OS/c1-22-9-7-11-24(17-22)20-36-29-27-14-4-3-13-26(27)19-33(15-5-6-16-33)28(29)30(38)37-31(36)34-35-32(37)39-21-25-12-8-10-23(2)18-25/h3-4,7-14,17-18H,5-6,15-16,19-21H2,1-2H3. The molecule has 0 unspecified atom stereocenters. The van der Waals surface area contributed by atoms with E-state index in [9.17, 15) is 4.79 Å². The molecule has 5 nitrogen and oxygen atoms in total. The number of nitrogens with zero attached hydrogens (tertiary/aromatic N) is 4. The van der Waals surface area contributed by atoms with Gasteiger partial charge in [-0.3, -0.25) is 4.79 Å². The van der Waals surface area contributed by atoms with Crippen molar-refractivity contribution in [1.29, 1.82) is 0 Å². The predicted octanol–water partition coefficient (Wildman–Crippen LogP) is 6.88. The third-order valence-corrected chi connectivity index (χ3v) is 9.55. The summed E-state index contributed by atoms with van der Waals surface area (Å²) in [6, 6.07) is 25.8. The minimum atomic E-state index is -0.133. The zero-order valence-corrected chi connectivity index (χ0v) is 23.3. The molecule has 2 aromatic heterocycles. The van der Waals surface area contributed by atoms with Crippen LogP contribution in [0.2, 0.25) is 0 Å². The molecule has 1 saturated carbocycles. The van der Waals surface area contributed by atoms with Gasteiger partial charge in [0.25, 0.3) is 5.56 Å². The van der Waals surface area contributed by atoms with E-state index in [-0.39, 0.29) is 11.0 Å². The second-order valence-corrected chi connectivity index (χ2v) is 12.3. The van der Waals surface area contributed by atoms with Crippen molar-refractivity contribution in [3.05, 3.63) is 117 Å². The van der Waals surface area contributed by atoms with Crippen LogP contribution >= 0.6 is 11.8 Å².